The van der Waals surface area contributed by atoms with E-state index in [1.165, 1.54) is 0 Å². The average Bonchev–Trinajstić information content (AvgIpc) is 2.83. The molecule has 1 saturated heterocycles. The van der Waals surface area contributed by atoms with Gasteiger partial charge in [-0.05, 0) is 27.2 Å². The molecule has 2 radical (unpaired) electrons. The fourth-order valence-electron chi connectivity index (χ4n) is 2.24. The SMILES string of the molecule is [B][C@@H]1O[C@H](COC(C)(C)C)C(OP(=O)(O)C(C)C)[C@@H]1OCSSCCCC. The molecule has 0 aliphatic carbocycles. The predicted molar refractivity (Wildman–Crippen MR) is 115 cm³/mol. The number of hydrogen-bond acceptors (Lipinski definition) is 7. The van der Waals surface area contributed by atoms with Crippen LogP contribution in [0.2, 0.25) is 0 Å². The minimum absolute atomic E-state index is 0.207. The molecule has 0 aromatic carbocycles. The monoisotopic (exact) mass is 440 g/mol. The topological polar surface area (TPSA) is 74.2 Å². The zero-order valence-electron chi connectivity index (χ0n) is 17.3. The van der Waals surface area contributed by atoms with Crippen LogP contribution in [0.1, 0.15) is 54.4 Å². The lowest BCUT2D eigenvalue weighted by molar-refractivity contribution is -0.0793. The summed E-state index contributed by atoms with van der Waals surface area (Å²) in [6, 6.07) is -0.739. The molecule has 1 aliphatic rings. The molecular formula is C17H34BO6PS2. The minimum Gasteiger partial charge on any atom is -0.377 e. The summed E-state index contributed by atoms with van der Waals surface area (Å²) in [6.07, 6.45) is 0.353. The molecule has 6 nitrogen and oxygen atoms in total. The highest BCUT2D eigenvalue weighted by Crippen LogP contribution is 2.50. The van der Waals surface area contributed by atoms with Gasteiger partial charge in [0.1, 0.15) is 32.1 Å². The van der Waals surface area contributed by atoms with E-state index in [1.807, 2.05) is 20.8 Å². The molecule has 0 amide bonds. The third-order valence-electron chi connectivity index (χ3n) is 3.93. The van der Waals surface area contributed by atoms with Gasteiger partial charge >= 0.3 is 7.60 Å². The van der Waals surface area contributed by atoms with Gasteiger partial charge in [-0.15, -0.1) is 0 Å². The number of ether oxygens (including phenoxy) is 3. The summed E-state index contributed by atoms with van der Waals surface area (Å²) >= 11 is 0. The highest BCUT2D eigenvalue weighted by Gasteiger charge is 2.47. The number of unbranched alkanes of at least 4 members (excludes halogenated alkanes) is 1. The highest BCUT2D eigenvalue weighted by molar-refractivity contribution is 8.76. The third kappa shape index (κ3) is 9.43. The van der Waals surface area contributed by atoms with Gasteiger partial charge in [0, 0.05) is 11.8 Å². The molecule has 1 aliphatic heterocycles. The van der Waals surface area contributed by atoms with Crippen molar-refractivity contribution < 1.29 is 28.2 Å². The first-order valence-electron chi connectivity index (χ1n) is 9.40. The molecule has 0 saturated carbocycles. The summed E-state index contributed by atoms with van der Waals surface area (Å²) in [6.45, 7) is 11.4. The van der Waals surface area contributed by atoms with Crippen molar-refractivity contribution in [2.45, 2.75) is 90.0 Å². The Morgan fingerprint density at radius 3 is 2.48 bits per heavy atom. The fraction of sp³-hybridized carbons (Fsp3) is 1.00. The average molecular weight is 440 g/mol. The smallest absolute Gasteiger partial charge is 0.331 e. The Hall–Kier alpha value is 0.795. The lowest BCUT2D eigenvalue weighted by Gasteiger charge is -2.29. The van der Waals surface area contributed by atoms with E-state index in [1.54, 1.807) is 35.4 Å². The Labute approximate surface area is 173 Å². The Bertz CT molecular complexity index is 477. The van der Waals surface area contributed by atoms with E-state index in [2.05, 4.69) is 6.92 Å². The molecule has 0 spiro atoms. The van der Waals surface area contributed by atoms with Gasteiger partial charge in [0.05, 0.1) is 17.9 Å². The van der Waals surface area contributed by atoms with E-state index in [-0.39, 0.29) is 12.2 Å². The first-order chi connectivity index (χ1) is 12.5. The molecule has 1 fully saturated rings. The van der Waals surface area contributed by atoms with Gasteiger partial charge in [-0.1, -0.05) is 48.8 Å². The van der Waals surface area contributed by atoms with Crippen molar-refractivity contribution in [1.82, 2.24) is 0 Å². The Balaban J connectivity index is 2.73. The second kappa shape index (κ2) is 11.8. The van der Waals surface area contributed by atoms with Crippen LogP contribution in [0.25, 0.3) is 0 Å². The zero-order chi connectivity index (χ0) is 20.7. The van der Waals surface area contributed by atoms with Crippen LogP contribution in [0.15, 0.2) is 0 Å². The number of rotatable bonds is 12. The molecule has 1 rings (SSSR count). The number of hydrogen-bond donors (Lipinski definition) is 1. The quantitative estimate of drug-likeness (QED) is 0.159. The van der Waals surface area contributed by atoms with Crippen LogP contribution in [0.3, 0.4) is 0 Å². The molecular weight excluding hydrogens is 406 g/mol. The summed E-state index contributed by atoms with van der Waals surface area (Å²) in [5.74, 6) is 1.46. The van der Waals surface area contributed by atoms with Gasteiger partial charge in [-0.25, -0.2) is 0 Å². The van der Waals surface area contributed by atoms with Crippen LogP contribution < -0.4 is 0 Å². The van der Waals surface area contributed by atoms with Crippen LogP contribution in [0.4, 0.5) is 0 Å². The van der Waals surface area contributed by atoms with Crippen molar-refractivity contribution in [3.63, 3.8) is 0 Å². The van der Waals surface area contributed by atoms with Crippen molar-refractivity contribution in [3.05, 3.63) is 0 Å². The van der Waals surface area contributed by atoms with Gasteiger partial charge in [0.15, 0.2) is 0 Å². The lowest BCUT2D eigenvalue weighted by atomic mass is 9.93. The second-order valence-electron chi connectivity index (χ2n) is 7.83. The standard InChI is InChI=1S/C17H34BO6PS2/c1-7-8-9-26-27-11-21-15-14(24-25(19,20)12(2)3)13(23-16(15)18)10-22-17(4,5)6/h12-16H,7-11H2,1-6H3,(H,19,20)/t13-,14?,15+,16-/m1/s1. The molecule has 5 atom stereocenters. The van der Waals surface area contributed by atoms with E-state index in [0.717, 1.165) is 18.6 Å². The van der Waals surface area contributed by atoms with E-state index in [9.17, 15) is 9.46 Å². The molecule has 10 heteroatoms. The summed E-state index contributed by atoms with van der Waals surface area (Å²) in [4.78, 5) is 10.2. The van der Waals surface area contributed by atoms with Gasteiger partial charge in [-0.3, -0.25) is 9.09 Å². The first-order valence-corrected chi connectivity index (χ1v) is 13.5. The van der Waals surface area contributed by atoms with E-state index >= 15 is 0 Å². The zero-order valence-corrected chi connectivity index (χ0v) is 19.8. The predicted octanol–water partition coefficient (Wildman–Crippen LogP) is 4.20. The summed E-state index contributed by atoms with van der Waals surface area (Å²) in [5, 5.41) is 0. The summed E-state index contributed by atoms with van der Waals surface area (Å²) < 4.78 is 35.5. The van der Waals surface area contributed by atoms with E-state index < -0.39 is 37.6 Å². The van der Waals surface area contributed by atoms with Crippen LogP contribution in [0, 0.1) is 0 Å². The molecule has 2 unspecified atom stereocenters. The van der Waals surface area contributed by atoms with Gasteiger partial charge in [0.25, 0.3) is 0 Å². The molecule has 1 heterocycles. The van der Waals surface area contributed by atoms with Crippen molar-refractivity contribution in [3.8, 4) is 0 Å². The van der Waals surface area contributed by atoms with Crippen molar-refractivity contribution >= 4 is 37.0 Å². The normalized spacial score (nSPS) is 28.6. The highest BCUT2D eigenvalue weighted by atomic mass is 33.1. The maximum Gasteiger partial charge on any atom is 0.331 e. The minimum atomic E-state index is -3.82. The van der Waals surface area contributed by atoms with Gasteiger partial charge in [0.2, 0.25) is 0 Å². The Kier molecular flexibility index (Phi) is 11.3. The van der Waals surface area contributed by atoms with Gasteiger partial charge in [-0.2, -0.15) is 0 Å². The van der Waals surface area contributed by atoms with Crippen molar-refractivity contribution in [2.75, 3.05) is 18.3 Å². The van der Waals surface area contributed by atoms with Crippen LogP contribution in [-0.4, -0.2) is 66.6 Å². The lowest BCUT2D eigenvalue weighted by Crippen LogP contribution is -2.40. The summed E-state index contributed by atoms with van der Waals surface area (Å²) in [7, 11) is 5.60. The fourth-order valence-corrected chi connectivity index (χ4v) is 4.97. The summed E-state index contributed by atoms with van der Waals surface area (Å²) in [5.41, 5.74) is -0.901. The van der Waals surface area contributed by atoms with Crippen molar-refractivity contribution in [1.29, 1.82) is 0 Å². The molecule has 158 valence electrons. The Morgan fingerprint density at radius 1 is 1.26 bits per heavy atom. The van der Waals surface area contributed by atoms with E-state index in [4.69, 9.17) is 26.6 Å². The van der Waals surface area contributed by atoms with E-state index in [0.29, 0.717) is 5.94 Å². The molecule has 1 N–H and O–H groups in total. The molecule has 0 aromatic heterocycles. The maximum atomic E-state index is 12.4. The van der Waals surface area contributed by atoms with Crippen LogP contribution >= 0.6 is 29.2 Å². The molecule has 0 aromatic rings. The first kappa shape index (κ1) is 25.8. The second-order valence-corrected chi connectivity index (χ2v) is 12.7. The third-order valence-corrected chi connectivity index (χ3v) is 7.92. The van der Waals surface area contributed by atoms with Crippen LogP contribution in [-0.2, 0) is 23.3 Å². The van der Waals surface area contributed by atoms with Crippen molar-refractivity contribution in [2.24, 2.45) is 0 Å². The molecule has 27 heavy (non-hydrogen) atoms. The Morgan fingerprint density at radius 2 is 1.93 bits per heavy atom. The largest absolute Gasteiger partial charge is 0.377 e. The van der Waals surface area contributed by atoms with Gasteiger partial charge < -0.3 is 19.1 Å². The molecule has 0 bridgehead atoms. The maximum absolute atomic E-state index is 12.4. The van der Waals surface area contributed by atoms with Crippen LogP contribution in [0.5, 0.6) is 0 Å².